The molecule has 1 aromatic heterocycles. The van der Waals surface area contributed by atoms with E-state index < -0.39 is 17.0 Å². The number of nitrogens with zero attached hydrogens (tertiary/aromatic N) is 3. The van der Waals surface area contributed by atoms with Crippen molar-refractivity contribution in [2.45, 2.75) is 19.4 Å². The van der Waals surface area contributed by atoms with Crippen LogP contribution >= 0.6 is 0 Å². The number of para-hydroxylation sites is 1. The SMILES string of the molecule is CC[C@@H](Nc1c(Nc2cccc(C(=O)N(C)C)c2O)c(=O)n(C)n(N)c1=O)c1ccccc1. The fraction of sp³-hybridized carbons (Fsp3) is 0.261. The minimum atomic E-state index is -0.631. The van der Waals surface area contributed by atoms with Crippen molar-refractivity contribution in [3.05, 3.63) is 80.4 Å². The Labute approximate surface area is 190 Å². The zero-order chi connectivity index (χ0) is 24.3. The summed E-state index contributed by atoms with van der Waals surface area (Å²) in [4.78, 5) is 40.5. The van der Waals surface area contributed by atoms with Crippen molar-refractivity contribution in [2.75, 3.05) is 30.6 Å². The molecule has 174 valence electrons. The molecule has 0 radical (unpaired) electrons. The summed E-state index contributed by atoms with van der Waals surface area (Å²) in [7, 11) is 4.49. The van der Waals surface area contributed by atoms with E-state index in [9.17, 15) is 19.5 Å². The van der Waals surface area contributed by atoms with Crippen LogP contribution in [0.25, 0.3) is 0 Å². The van der Waals surface area contributed by atoms with E-state index in [0.29, 0.717) is 6.42 Å². The van der Waals surface area contributed by atoms with E-state index >= 15 is 0 Å². The maximum absolute atomic E-state index is 13.1. The molecule has 5 N–H and O–H groups in total. The van der Waals surface area contributed by atoms with Gasteiger partial charge in [-0.3, -0.25) is 14.4 Å². The Morgan fingerprint density at radius 1 is 1.06 bits per heavy atom. The van der Waals surface area contributed by atoms with Gasteiger partial charge in [0.25, 0.3) is 11.5 Å². The van der Waals surface area contributed by atoms with Crippen molar-refractivity contribution >= 4 is 23.0 Å². The van der Waals surface area contributed by atoms with E-state index in [2.05, 4.69) is 10.6 Å². The molecule has 0 unspecified atom stereocenters. The maximum atomic E-state index is 13.1. The number of hydrogen-bond acceptors (Lipinski definition) is 7. The Kier molecular flexibility index (Phi) is 6.76. The Bertz CT molecular complexity index is 1280. The molecule has 10 nitrogen and oxygen atoms in total. The molecule has 33 heavy (non-hydrogen) atoms. The molecule has 1 atom stereocenters. The van der Waals surface area contributed by atoms with Crippen molar-refractivity contribution in [3.63, 3.8) is 0 Å². The number of rotatable bonds is 7. The van der Waals surface area contributed by atoms with Crippen LogP contribution in [0.5, 0.6) is 5.75 Å². The number of carbonyl (C=O) groups is 1. The highest BCUT2D eigenvalue weighted by Gasteiger charge is 2.23. The van der Waals surface area contributed by atoms with Gasteiger partial charge in [0.05, 0.1) is 17.3 Å². The number of nitrogen functional groups attached to an aromatic ring is 1. The Balaban J connectivity index is 2.13. The minimum absolute atomic E-state index is 0.0416. The van der Waals surface area contributed by atoms with Gasteiger partial charge >= 0.3 is 5.56 Å². The molecular weight excluding hydrogens is 424 g/mol. The van der Waals surface area contributed by atoms with Gasteiger partial charge in [-0.05, 0) is 24.1 Å². The lowest BCUT2D eigenvalue weighted by Gasteiger charge is -2.22. The number of phenolic OH excluding ortho intramolecular Hbond substituents is 1. The third-order valence-electron chi connectivity index (χ3n) is 5.36. The van der Waals surface area contributed by atoms with Crippen molar-refractivity contribution in [2.24, 2.45) is 7.05 Å². The fourth-order valence-corrected chi connectivity index (χ4v) is 3.45. The molecule has 3 rings (SSSR count). The van der Waals surface area contributed by atoms with E-state index in [1.807, 2.05) is 37.3 Å². The number of nitrogens with two attached hydrogens (primary N) is 1. The number of benzene rings is 2. The van der Waals surface area contributed by atoms with E-state index in [4.69, 9.17) is 5.84 Å². The van der Waals surface area contributed by atoms with Gasteiger partial charge in [0, 0.05) is 21.1 Å². The summed E-state index contributed by atoms with van der Waals surface area (Å²) in [6.45, 7) is 1.95. The molecule has 0 fully saturated rings. The van der Waals surface area contributed by atoms with E-state index in [1.54, 1.807) is 20.2 Å². The summed E-state index contributed by atoms with van der Waals surface area (Å²) in [5.41, 5.74) is -0.274. The highest BCUT2D eigenvalue weighted by atomic mass is 16.3. The summed E-state index contributed by atoms with van der Waals surface area (Å²) < 4.78 is 0.963. The highest BCUT2D eigenvalue weighted by molar-refractivity contribution is 5.98. The van der Waals surface area contributed by atoms with Crippen LogP contribution in [0, 0.1) is 0 Å². The van der Waals surface area contributed by atoms with Crippen LogP contribution in [0.3, 0.4) is 0 Å². The van der Waals surface area contributed by atoms with Gasteiger partial charge in [0.15, 0.2) is 5.75 Å². The zero-order valence-electron chi connectivity index (χ0n) is 19.0. The van der Waals surface area contributed by atoms with Crippen molar-refractivity contribution in [1.29, 1.82) is 0 Å². The Morgan fingerprint density at radius 3 is 2.33 bits per heavy atom. The summed E-state index contributed by atoms with van der Waals surface area (Å²) >= 11 is 0. The molecule has 0 aliphatic rings. The number of phenols is 1. The van der Waals surface area contributed by atoms with E-state index in [-0.39, 0.29) is 34.4 Å². The summed E-state index contributed by atoms with van der Waals surface area (Å²) in [6.07, 6.45) is 0.626. The van der Waals surface area contributed by atoms with Crippen LogP contribution in [0.4, 0.5) is 17.1 Å². The van der Waals surface area contributed by atoms with Gasteiger partial charge in [0.1, 0.15) is 11.4 Å². The molecule has 0 aliphatic carbocycles. The third-order valence-corrected chi connectivity index (χ3v) is 5.36. The number of hydrogen-bond donors (Lipinski definition) is 4. The van der Waals surface area contributed by atoms with Gasteiger partial charge in [-0.1, -0.05) is 43.3 Å². The number of anilines is 3. The highest BCUT2D eigenvalue weighted by Crippen LogP contribution is 2.32. The van der Waals surface area contributed by atoms with Crippen LogP contribution in [-0.4, -0.2) is 39.5 Å². The normalized spacial score (nSPS) is 11.6. The van der Waals surface area contributed by atoms with Crippen molar-refractivity contribution in [3.8, 4) is 5.75 Å². The molecule has 0 aliphatic heterocycles. The first-order valence-electron chi connectivity index (χ1n) is 10.4. The lowest BCUT2D eigenvalue weighted by atomic mass is 10.0. The van der Waals surface area contributed by atoms with Gasteiger partial charge < -0.3 is 26.5 Å². The van der Waals surface area contributed by atoms with Crippen LogP contribution in [0.15, 0.2) is 58.1 Å². The average Bonchev–Trinajstić information content (AvgIpc) is 2.82. The second-order valence-corrected chi connectivity index (χ2v) is 7.77. The van der Waals surface area contributed by atoms with Gasteiger partial charge in [-0.25, -0.2) is 4.68 Å². The van der Waals surface area contributed by atoms with Crippen LogP contribution in [0.1, 0.15) is 35.3 Å². The second-order valence-electron chi connectivity index (χ2n) is 7.77. The van der Waals surface area contributed by atoms with Crippen molar-refractivity contribution in [1.82, 2.24) is 14.4 Å². The van der Waals surface area contributed by atoms with Crippen LogP contribution in [-0.2, 0) is 7.05 Å². The van der Waals surface area contributed by atoms with Crippen LogP contribution in [0.2, 0.25) is 0 Å². The first-order chi connectivity index (χ1) is 15.7. The summed E-state index contributed by atoms with van der Waals surface area (Å²) in [5, 5.41) is 16.7. The van der Waals surface area contributed by atoms with Gasteiger partial charge in [-0.15, -0.1) is 0 Å². The lowest BCUT2D eigenvalue weighted by Crippen LogP contribution is -2.44. The molecule has 0 bridgehead atoms. The predicted octanol–water partition coefficient (Wildman–Crippen LogP) is 1.97. The minimum Gasteiger partial charge on any atom is -0.505 e. The first-order valence-corrected chi connectivity index (χ1v) is 10.4. The topological polar surface area (TPSA) is 135 Å². The second kappa shape index (κ2) is 9.51. The molecule has 2 aromatic carbocycles. The molecular formula is C23H28N6O4. The Hall–Kier alpha value is -4.21. The number of nitrogens with one attached hydrogen (secondary N) is 2. The molecule has 3 aromatic rings. The monoisotopic (exact) mass is 452 g/mol. The van der Waals surface area contributed by atoms with E-state index in [0.717, 1.165) is 15.0 Å². The zero-order valence-corrected chi connectivity index (χ0v) is 19.0. The summed E-state index contributed by atoms with van der Waals surface area (Å²) in [5.74, 6) is 5.08. The third kappa shape index (κ3) is 4.54. The first kappa shape index (κ1) is 23.5. The van der Waals surface area contributed by atoms with Crippen LogP contribution < -0.4 is 27.6 Å². The summed E-state index contributed by atoms with van der Waals surface area (Å²) in [6, 6.07) is 13.8. The standard InChI is InChI=1S/C23H28N6O4/c1-5-16(14-10-7-6-8-11-14)25-19-18(22(32)28(4)29(24)23(19)33)26-17-13-9-12-15(20(17)30)21(31)27(2)3/h6-13,16,25-26,30H,5,24H2,1-4H3/t16-/m1/s1. The fourth-order valence-electron chi connectivity index (χ4n) is 3.45. The number of aromatic hydroxyl groups is 1. The smallest absolute Gasteiger partial charge is 0.309 e. The molecule has 0 saturated heterocycles. The van der Waals surface area contributed by atoms with Gasteiger partial charge in [-0.2, -0.15) is 4.79 Å². The number of aromatic nitrogens is 2. The molecule has 10 heteroatoms. The predicted molar refractivity (Wildman–Crippen MR) is 129 cm³/mol. The maximum Gasteiger partial charge on any atom is 0.309 e. The number of carbonyl (C=O) groups excluding carboxylic acids is 1. The quantitative estimate of drug-likeness (QED) is 0.318. The van der Waals surface area contributed by atoms with Gasteiger partial charge in [0.2, 0.25) is 0 Å². The Morgan fingerprint density at radius 2 is 1.73 bits per heavy atom. The average molecular weight is 453 g/mol. The molecule has 1 heterocycles. The molecule has 0 saturated carbocycles. The lowest BCUT2D eigenvalue weighted by molar-refractivity contribution is 0.0824. The van der Waals surface area contributed by atoms with E-state index in [1.165, 1.54) is 24.1 Å². The molecule has 1 amide bonds. The van der Waals surface area contributed by atoms with Crippen molar-refractivity contribution < 1.29 is 9.90 Å². The number of amides is 1. The largest absolute Gasteiger partial charge is 0.505 e. The molecule has 0 spiro atoms.